The minimum Gasteiger partial charge on any atom is -0.370 e. The van der Waals surface area contributed by atoms with Crippen molar-refractivity contribution in [3.8, 4) is 0 Å². The van der Waals surface area contributed by atoms with Crippen LogP contribution in [0.2, 0.25) is 0 Å². The number of nitrogens with one attached hydrogen (secondary N) is 1. The molecule has 0 aliphatic carbocycles. The molecule has 0 spiro atoms. The molecule has 2 aliphatic heterocycles. The van der Waals surface area contributed by atoms with Gasteiger partial charge < -0.3 is 15.0 Å². The number of morpholine rings is 1. The van der Waals surface area contributed by atoms with Crippen molar-refractivity contribution in [3.63, 3.8) is 0 Å². The van der Waals surface area contributed by atoms with Gasteiger partial charge in [0.2, 0.25) is 11.9 Å². The Labute approximate surface area is 134 Å². The second-order valence-corrected chi connectivity index (χ2v) is 5.95. The molecule has 2 saturated heterocycles. The van der Waals surface area contributed by atoms with Crippen LogP contribution in [0.15, 0.2) is 48.8 Å². The van der Waals surface area contributed by atoms with E-state index in [-0.39, 0.29) is 24.0 Å². The first-order valence-electron chi connectivity index (χ1n) is 7.83. The van der Waals surface area contributed by atoms with Crippen molar-refractivity contribution in [2.24, 2.45) is 5.92 Å². The Hall–Kier alpha value is -2.47. The Kier molecular flexibility index (Phi) is 3.67. The Morgan fingerprint density at radius 2 is 1.91 bits per heavy atom. The molecule has 1 aromatic carbocycles. The average Bonchev–Trinajstić information content (AvgIpc) is 2.90. The molecule has 1 N–H and O–H groups in total. The largest absolute Gasteiger partial charge is 0.370 e. The van der Waals surface area contributed by atoms with Crippen molar-refractivity contribution in [2.45, 2.75) is 18.6 Å². The Bertz CT molecular complexity index is 680. The van der Waals surface area contributed by atoms with E-state index < -0.39 is 0 Å². The number of ether oxygens (including phenoxy) is 1. The molecule has 118 valence electrons. The average molecular weight is 310 g/mol. The van der Waals surface area contributed by atoms with E-state index in [0.717, 1.165) is 18.7 Å². The fourth-order valence-corrected chi connectivity index (χ4v) is 3.31. The van der Waals surface area contributed by atoms with Gasteiger partial charge in [-0.3, -0.25) is 4.79 Å². The second-order valence-electron chi connectivity index (χ2n) is 5.95. The molecule has 2 aliphatic rings. The van der Waals surface area contributed by atoms with E-state index in [2.05, 4.69) is 20.2 Å². The molecular formula is C17H18N4O2. The van der Waals surface area contributed by atoms with Crippen LogP contribution in [0, 0.1) is 5.92 Å². The van der Waals surface area contributed by atoms with Crippen molar-refractivity contribution in [2.75, 3.05) is 23.3 Å². The van der Waals surface area contributed by atoms with Crippen LogP contribution in [0.1, 0.15) is 6.42 Å². The SMILES string of the molecule is O=C(Nc1ccccc1)[C@@H]1C[C@H]2CN(c3ncccn3)C[C@@H]1O2. The summed E-state index contributed by atoms with van der Waals surface area (Å²) < 4.78 is 5.96. The van der Waals surface area contributed by atoms with Crippen molar-refractivity contribution in [1.29, 1.82) is 0 Å². The number of anilines is 2. The molecule has 2 aromatic rings. The molecule has 0 radical (unpaired) electrons. The van der Waals surface area contributed by atoms with Gasteiger partial charge in [-0.05, 0) is 24.6 Å². The third-order valence-corrected chi connectivity index (χ3v) is 4.37. The second kappa shape index (κ2) is 5.96. The van der Waals surface area contributed by atoms with Crippen molar-refractivity contribution < 1.29 is 9.53 Å². The van der Waals surface area contributed by atoms with Gasteiger partial charge in [0.05, 0.1) is 18.1 Å². The fraction of sp³-hybridized carbons (Fsp3) is 0.353. The lowest BCUT2D eigenvalue weighted by atomic mass is 9.99. The predicted octanol–water partition coefficient (Wildman–Crippen LogP) is 1.71. The molecule has 3 atom stereocenters. The van der Waals surface area contributed by atoms with Crippen LogP contribution >= 0.6 is 0 Å². The minimum absolute atomic E-state index is 0.0273. The minimum atomic E-state index is -0.131. The molecule has 2 fully saturated rings. The summed E-state index contributed by atoms with van der Waals surface area (Å²) in [5, 5.41) is 2.98. The molecule has 6 heteroatoms. The first kappa shape index (κ1) is 14.1. The van der Waals surface area contributed by atoms with Gasteiger partial charge in [-0.15, -0.1) is 0 Å². The zero-order valence-corrected chi connectivity index (χ0v) is 12.6. The first-order chi connectivity index (χ1) is 11.3. The molecule has 3 heterocycles. The standard InChI is InChI=1S/C17H18N4O2/c22-16(20-12-5-2-1-3-6-12)14-9-13-10-21(11-15(14)23-13)17-18-7-4-8-19-17/h1-8,13-15H,9-11H2,(H,20,22)/t13-,14+,15-/m0/s1. The van der Waals surface area contributed by atoms with Crippen LogP contribution in [0.4, 0.5) is 11.6 Å². The summed E-state index contributed by atoms with van der Waals surface area (Å²) in [5.41, 5.74) is 0.821. The molecule has 6 nitrogen and oxygen atoms in total. The van der Waals surface area contributed by atoms with E-state index in [1.54, 1.807) is 18.5 Å². The summed E-state index contributed by atoms with van der Waals surface area (Å²) in [7, 11) is 0. The third-order valence-electron chi connectivity index (χ3n) is 4.37. The lowest BCUT2D eigenvalue weighted by Gasteiger charge is -2.32. The molecule has 4 rings (SSSR count). The van der Waals surface area contributed by atoms with Gasteiger partial charge in [0.25, 0.3) is 0 Å². The summed E-state index contributed by atoms with van der Waals surface area (Å²) in [4.78, 5) is 23.3. The lowest BCUT2D eigenvalue weighted by molar-refractivity contribution is -0.121. The van der Waals surface area contributed by atoms with E-state index in [1.165, 1.54) is 0 Å². The number of nitrogens with zero attached hydrogens (tertiary/aromatic N) is 3. The normalized spacial score (nSPS) is 26.1. The highest BCUT2D eigenvalue weighted by Gasteiger charge is 2.45. The molecular weight excluding hydrogens is 292 g/mol. The van der Waals surface area contributed by atoms with Crippen molar-refractivity contribution in [1.82, 2.24) is 9.97 Å². The molecule has 2 bridgehead atoms. The number of carbonyl (C=O) groups is 1. The van der Waals surface area contributed by atoms with E-state index in [4.69, 9.17) is 4.74 Å². The number of carbonyl (C=O) groups excluding carboxylic acids is 1. The van der Waals surface area contributed by atoms with Gasteiger partial charge in [-0.2, -0.15) is 0 Å². The van der Waals surface area contributed by atoms with Gasteiger partial charge in [-0.1, -0.05) is 18.2 Å². The fourth-order valence-electron chi connectivity index (χ4n) is 3.31. The summed E-state index contributed by atoms with van der Waals surface area (Å²) in [6.45, 7) is 1.38. The predicted molar refractivity (Wildman–Crippen MR) is 86.1 cm³/mol. The number of rotatable bonds is 3. The van der Waals surface area contributed by atoms with Gasteiger partial charge >= 0.3 is 0 Å². The number of amides is 1. The van der Waals surface area contributed by atoms with Crippen molar-refractivity contribution in [3.05, 3.63) is 48.8 Å². The monoisotopic (exact) mass is 310 g/mol. The van der Waals surface area contributed by atoms with Crippen LogP contribution in [-0.4, -0.2) is 41.2 Å². The van der Waals surface area contributed by atoms with Crippen LogP contribution in [0.3, 0.4) is 0 Å². The summed E-state index contributed by atoms with van der Waals surface area (Å²) in [6, 6.07) is 11.3. The van der Waals surface area contributed by atoms with Crippen molar-refractivity contribution >= 4 is 17.5 Å². The van der Waals surface area contributed by atoms with Crippen LogP contribution in [-0.2, 0) is 9.53 Å². The molecule has 1 aromatic heterocycles. The highest BCUT2D eigenvalue weighted by atomic mass is 16.5. The van der Waals surface area contributed by atoms with E-state index in [9.17, 15) is 4.79 Å². The van der Waals surface area contributed by atoms with Gasteiger partial charge in [0.1, 0.15) is 0 Å². The first-order valence-corrected chi connectivity index (χ1v) is 7.83. The van der Waals surface area contributed by atoms with Gasteiger partial charge in [-0.25, -0.2) is 9.97 Å². The summed E-state index contributed by atoms with van der Waals surface area (Å²) in [6.07, 6.45) is 4.16. The zero-order chi connectivity index (χ0) is 15.6. The van der Waals surface area contributed by atoms with E-state index in [1.807, 2.05) is 30.3 Å². The molecule has 1 amide bonds. The number of fused-ring (bicyclic) bond motifs is 2. The highest BCUT2D eigenvalue weighted by Crippen LogP contribution is 2.33. The highest BCUT2D eigenvalue weighted by molar-refractivity contribution is 5.93. The van der Waals surface area contributed by atoms with Gasteiger partial charge in [0, 0.05) is 31.2 Å². The topological polar surface area (TPSA) is 67.4 Å². The van der Waals surface area contributed by atoms with Crippen LogP contribution in [0.5, 0.6) is 0 Å². The molecule has 0 unspecified atom stereocenters. The third kappa shape index (κ3) is 2.90. The van der Waals surface area contributed by atoms with Gasteiger partial charge in [0.15, 0.2) is 0 Å². The molecule has 23 heavy (non-hydrogen) atoms. The number of hydrogen-bond donors (Lipinski definition) is 1. The van der Waals surface area contributed by atoms with Crippen LogP contribution < -0.4 is 10.2 Å². The summed E-state index contributed by atoms with van der Waals surface area (Å²) in [5.74, 6) is 0.600. The number of aromatic nitrogens is 2. The maximum Gasteiger partial charge on any atom is 0.230 e. The van der Waals surface area contributed by atoms with Crippen LogP contribution in [0.25, 0.3) is 0 Å². The Morgan fingerprint density at radius 3 is 2.70 bits per heavy atom. The lowest BCUT2D eigenvalue weighted by Crippen LogP contribution is -2.45. The number of para-hydroxylation sites is 1. The Balaban J connectivity index is 1.45. The Morgan fingerprint density at radius 1 is 1.13 bits per heavy atom. The zero-order valence-electron chi connectivity index (χ0n) is 12.6. The molecule has 0 saturated carbocycles. The van der Waals surface area contributed by atoms with E-state index in [0.29, 0.717) is 12.5 Å². The maximum absolute atomic E-state index is 12.6. The number of hydrogen-bond acceptors (Lipinski definition) is 5. The van der Waals surface area contributed by atoms with E-state index >= 15 is 0 Å². The quantitative estimate of drug-likeness (QED) is 0.935. The summed E-state index contributed by atoms with van der Waals surface area (Å²) >= 11 is 0. The maximum atomic E-state index is 12.6. The number of benzene rings is 1. The smallest absolute Gasteiger partial charge is 0.230 e.